The first-order valence-corrected chi connectivity index (χ1v) is 3.71. The first-order valence-electron chi connectivity index (χ1n) is 3.71. The Balaban J connectivity index is 0.000000461. The number of rotatable bonds is 0. The van der Waals surface area contributed by atoms with E-state index >= 15 is 0 Å². The molecule has 1 rings (SSSR count). The zero-order chi connectivity index (χ0) is 8.91. The van der Waals surface area contributed by atoms with E-state index in [1.165, 1.54) is 0 Å². The van der Waals surface area contributed by atoms with Gasteiger partial charge in [-0.1, -0.05) is 13.8 Å². The Kier molecular flexibility index (Phi) is 4.52. The van der Waals surface area contributed by atoms with Crippen LogP contribution >= 0.6 is 0 Å². The molecule has 4 heteroatoms. The van der Waals surface area contributed by atoms with Crippen molar-refractivity contribution >= 4 is 0 Å². The van der Waals surface area contributed by atoms with Gasteiger partial charge in [0.1, 0.15) is 13.2 Å². The summed E-state index contributed by atoms with van der Waals surface area (Å²) in [6.45, 7) is 4.55. The molecule has 68 valence electrons. The second kappa shape index (κ2) is 4.62. The van der Waals surface area contributed by atoms with Gasteiger partial charge in [-0.2, -0.15) is 0 Å². The van der Waals surface area contributed by atoms with E-state index in [0.29, 0.717) is 0 Å². The van der Waals surface area contributed by atoms with Gasteiger partial charge in [0.25, 0.3) is 5.92 Å². The average Bonchev–Trinajstić information content (AvgIpc) is 2.00. The van der Waals surface area contributed by atoms with Gasteiger partial charge in [-0.15, -0.1) is 0 Å². The molecule has 1 heterocycles. The molecule has 0 aromatic carbocycles. The lowest BCUT2D eigenvalue weighted by Gasteiger charge is -2.26. The lowest BCUT2D eigenvalue weighted by atomic mass is 10.3. The molecule has 0 aromatic rings. The maximum absolute atomic E-state index is 12.1. The molecular weight excluding hydrogens is 154 g/mol. The molecule has 1 aliphatic heterocycles. The van der Waals surface area contributed by atoms with E-state index in [4.69, 9.17) is 0 Å². The van der Waals surface area contributed by atoms with E-state index < -0.39 is 25.4 Å². The van der Waals surface area contributed by atoms with Crippen LogP contribution < -0.4 is 0 Å². The number of hydrogen-bond donors (Lipinski definition) is 0. The molecular formula is C7H14F2O2. The van der Waals surface area contributed by atoms with Gasteiger partial charge in [0.05, 0.1) is 0 Å². The van der Waals surface area contributed by atoms with E-state index in [2.05, 4.69) is 9.47 Å². The van der Waals surface area contributed by atoms with Crippen LogP contribution in [0.4, 0.5) is 8.78 Å². The summed E-state index contributed by atoms with van der Waals surface area (Å²) in [7, 11) is 0. The third-order valence-corrected chi connectivity index (χ3v) is 1.06. The highest BCUT2D eigenvalue weighted by Crippen LogP contribution is 2.20. The predicted octanol–water partition coefficient (Wildman–Crippen LogP) is 2.04. The Labute approximate surface area is 65.5 Å². The van der Waals surface area contributed by atoms with Crippen LogP contribution in [0, 0.1) is 0 Å². The molecule has 1 saturated heterocycles. The minimum absolute atomic E-state index is 0.482. The standard InChI is InChI=1S/C5H8F2O2.C2H6/c1-4-8-2-5(6,7)3-9-4;1-2/h4H,2-3H2,1H3;1-2H3. The molecule has 1 fully saturated rings. The molecule has 0 unspecified atom stereocenters. The number of alkyl halides is 2. The maximum Gasteiger partial charge on any atom is 0.293 e. The Hall–Kier alpha value is -0.220. The zero-order valence-electron chi connectivity index (χ0n) is 7.06. The summed E-state index contributed by atoms with van der Waals surface area (Å²) in [5.74, 6) is -2.79. The van der Waals surface area contributed by atoms with Crippen molar-refractivity contribution in [3.05, 3.63) is 0 Å². The van der Waals surface area contributed by atoms with Crippen molar-refractivity contribution in [2.24, 2.45) is 0 Å². The molecule has 0 aliphatic carbocycles. The van der Waals surface area contributed by atoms with Crippen LogP contribution in [-0.2, 0) is 9.47 Å². The first kappa shape index (κ1) is 10.8. The first-order chi connectivity index (χ1) is 5.10. The summed E-state index contributed by atoms with van der Waals surface area (Å²) in [5.41, 5.74) is 0. The zero-order valence-corrected chi connectivity index (χ0v) is 7.06. The van der Waals surface area contributed by atoms with E-state index in [0.717, 1.165) is 0 Å². The fourth-order valence-electron chi connectivity index (χ4n) is 0.568. The van der Waals surface area contributed by atoms with Gasteiger partial charge >= 0.3 is 0 Å². The van der Waals surface area contributed by atoms with Crippen molar-refractivity contribution in [1.82, 2.24) is 0 Å². The summed E-state index contributed by atoms with van der Waals surface area (Å²) in [4.78, 5) is 0. The molecule has 11 heavy (non-hydrogen) atoms. The van der Waals surface area contributed by atoms with Crippen LogP contribution in [0.25, 0.3) is 0 Å². The van der Waals surface area contributed by atoms with Crippen LogP contribution in [0.15, 0.2) is 0 Å². The largest absolute Gasteiger partial charge is 0.347 e. The van der Waals surface area contributed by atoms with Gasteiger partial charge in [0.15, 0.2) is 6.29 Å². The molecule has 0 saturated carbocycles. The van der Waals surface area contributed by atoms with Gasteiger partial charge in [0, 0.05) is 0 Å². The molecule has 0 amide bonds. The van der Waals surface area contributed by atoms with Crippen molar-refractivity contribution in [1.29, 1.82) is 0 Å². The molecule has 1 aliphatic rings. The quantitative estimate of drug-likeness (QED) is 0.551. The van der Waals surface area contributed by atoms with Crippen LogP contribution in [0.3, 0.4) is 0 Å². The van der Waals surface area contributed by atoms with E-state index in [-0.39, 0.29) is 0 Å². The minimum Gasteiger partial charge on any atom is -0.347 e. The summed E-state index contributed by atoms with van der Waals surface area (Å²) >= 11 is 0. The highest BCUT2D eigenvalue weighted by molar-refractivity contribution is 4.67. The summed E-state index contributed by atoms with van der Waals surface area (Å²) < 4.78 is 33.3. The minimum atomic E-state index is -2.79. The van der Waals surface area contributed by atoms with Gasteiger partial charge in [-0.05, 0) is 6.92 Å². The number of ether oxygens (including phenoxy) is 2. The predicted molar refractivity (Wildman–Crippen MR) is 37.7 cm³/mol. The normalized spacial score (nSPS) is 23.7. The van der Waals surface area contributed by atoms with Crippen molar-refractivity contribution in [2.75, 3.05) is 13.2 Å². The lowest BCUT2D eigenvalue weighted by Crippen LogP contribution is -2.39. The molecule has 0 atom stereocenters. The summed E-state index contributed by atoms with van der Waals surface area (Å²) in [6, 6.07) is 0. The Morgan fingerprint density at radius 1 is 1.18 bits per heavy atom. The average molecular weight is 168 g/mol. The number of halogens is 2. The fraction of sp³-hybridized carbons (Fsp3) is 1.00. The molecule has 0 radical (unpaired) electrons. The second-order valence-corrected chi connectivity index (χ2v) is 2.05. The van der Waals surface area contributed by atoms with Crippen molar-refractivity contribution < 1.29 is 18.3 Å². The lowest BCUT2D eigenvalue weighted by molar-refractivity contribution is -0.260. The Morgan fingerprint density at radius 2 is 1.55 bits per heavy atom. The van der Waals surface area contributed by atoms with Crippen LogP contribution in [-0.4, -0.2) is 25.4 Å². The van der Waals surface area contributed by atoms with Gasteiger partial charge in [-0.25, -0.2) is 8.78 Å². The topological polar surface area (TPSA) is 18.5 Å². The van der Waals surface area contributed by atoms with Crippen LogP contribution in [0.5, 0.6) is 0 Å². The van der Waals surface area contributed by atoms with Crippen molar-refractivity contribution in [2.45, 2.75) is 33.0 Å². The molecule has 0 N–H and O–H groups in total. The highest BCUT2D eigenvalue weighted by atomic mass is 19.3. The van der Waals surface area contributed by atoms with Crippen LogP contribution in [0.1, 0.15) is 20.8 Å². The summed E-state index contributed by atoms with van der Waals surface area (Å²) in [6.07, 6.45) is -0.482. The highest BCUT2D eigenvalue weighted by Gasteiger charge is 2.35. The Morgan fingerprint density at radius 3 is 1.82 bits per heavy atom. The molecule has 2 nitrogen and oxygen atoms in total. The molecule has 0 spiro atoms. The van der Waals surface area contributed by atoms with Gasteiger partial charge < -0.3 is 9.47 Å². The fourth-order valence-corrected chi connectivity index (χ4v) is 0.568. The summed E-state index contributed by atoms with van der Waals surface area (Å²) in [5, 5.41) is 0. The second-order valence-electron chi connectivity index (χ2n) is 2.05. The van der Waals surface area contributed by atoms with Crippen LogP contribution in [0.2, 0.25) is 0 Å². The maximum atomic E-state index is 12.1. The molecule has 0 aromatic heterocycles. The van der Waals surface area contributed by atoms with Gasteiger partial charge in [-0.3, -0.25) is 0 Å². The smallest absolute Gasteiger partial charge is 0.293 e. The van der Waals surface area contributed by atoms with E-state index in [1.54, 1.807) is 6.92 Å². The van der Waals surface area contributed by atoms with Crippen molar-refractivity contribution in [3.8, 4) is 0 Å². The Bertz CT molecular complexity index is 96.6. The van der Waals surface area contributed by atoms with Gasteiger partial charge in [0.2, 0.25) is 0 Å². The molecule has 0 bridgehead atoms. The van der Waals surface area contributed by atoms with E-state index in [1.807, 2.05) is 13.8 Å². The monoisotopic (exact) mass is 168 g/mol. The third kappa shape index (κ3) is 4.27. The number of hydrogen-bond acceptors (Lipinski definition) is 2. The van der Waals surface area contributed by atoms with Crippen molar-refractivity contribution in [3.63, 3.8) is 0 Å². The third-order valence-electron chi connectivity index (χ3n) is 1.06. The SMILES string of the molecule is CC.CC1OCC(F)(F)CO1. The van der Waals surface area contributed by atoms with E-state index in [9.17, 15) is 8.78 Å².